The van der Waals surface area contributed by atoms with Gasteiger partial charge in [-0.15, -0.1) is 0 Å². The van der Waals surface area contributed by atoms with Gasteiger partial charge in [-0.3, -0.25) is 9.69 Å². The standard InChI is InChI=1S/C41H47N3O7/c1-41(2,3)51-38(46)36-10-7-23-44(36)26-35-24-37(30-15-13-29(27-45)14-16-30)50-39(49-35)31-17-11-28(12-18-31)25-42-40(47)43-32-19-21-34(22-20-32)48-33-8-5-4-6-9-33/h4-6,8-9,11-22,35-37,39,45H,7,10,23-27H2,1-3H3,(H2,42,43,47)/t35-,36+,37+,39+/m1/s1. The Morgan fingerprint density at radius 3 is 2.20 bits per heavy atom. The van der Waals surface area contributed by atoms with Crippen LogP contribution in [0.5, 0.6) is 11.5 Å². The number of hydrogen-bond acceptors (Lipinski definition) is 8. The number of aliphatic hydroxyl groups is 1. The Labute approximate surface area is 299 Å². The van der Waals surface area contributed by atoms with Crippen LogP contribution in [-0.4, -0.2) is 52.8 Å². The number of aliphatic hydroxyl groups excluding tert-OH is 1. The second-order valence-corrected chi connectivity index (χ2v) is 14.0. The van der Waals surface area contributed by atoms with Crippen molar-refractivity contribution in [2.45, 2.75) is 83.3 Å². The van der Waals surface area contributed by atoms with Gasteiger partial charge in [0.15, 0.2) is 6.29 Å². The second kappa shape index (κ2) is 16.5. The molecule has 4 atom stereocenters. The summed E-state index contributed by atoms with van der Waals surface area (Å²) in [5, 5.41) is 15.3. The van der Waals surface area contributed by atoms with Crippen LogP contribution < -0.4 is 15.4 Å². The average Bonchev–Trinajstić information content (AvgIpc) is 3.60. The highest BCUT2D eigenvalue weighted by Gasteiger charge is 2.39. The minimum Gasteiger partial charge on any atom is -0.459 e. The van der Waals surface area contributed by atoms with Crippen molar-refractivity contribution in [3.63, 3.8) is 0 Å². The molecule has 0 unspecified atom stereocenters. The van der Waals surface area contributed by atoms with E-state index >= 15 is 0 Å². The number of nitrogens with one attached hydrogen (secondary N) is 2. The summed E-state index contributed by atoms with van der Waals surface area (Å²) in [6.45, 7) is 7.36. The number of benzene rings is 4. The summed E-state index contributed by atoms with van der Waals surface area (Å²) < 4.78 is 24.7. The van der Waals surface area contributed by atoms with Crippen LogP contribution in [0.2, 0.25) is 0 Å². The summed E-state index contributed by atoms with van der Waals surface area (Å²) in [7, 11) is 0. The van der Waals surface area contributed by atoms with Crippen LogP contribution in [0, 0.1) is 0 Å². The Balaban J connectivity index is 1.07. The van der Waals surface area contributed by atoms with Crippen LogP contribution in [0.3, 0.4) is 0 Å². The van der Waals surface area contributed by atoms with Gasteiger partial charge in [-0.05, 0) is 93.2 Å². The first-order valence-electron chi connectivity index (χ1n) is 17.6. The average molecular weight is 694 g/mol. The molecule has 2 aliphatic heterocycles. The molecule has 0 aliphatic carbocycles. The number of likely N-dealkylation sites (tertiary alicyclic amines) is 1. The molecular weight excluding hydrogens is 646 g/mol. The number of urea groups is 1. The minimum absolute atomic E-state index is 0.0260. The topological polar surface area (TPSA) is 119 Å². The zero-order valence-corrected chi connectivity index (χ0v) is 29.4. The molecule has 0 radical (unpaired) electrons. The highest BCUT2D eigenvalue weighted by Crippen LogP contribution is 2.39. The van der Waals surface area contributed by atoms with E-state index in [-0.39, 0.29) is 36.9 Å². The number of rotatable bonds is 11. The van der Waals surface area contributed by atoms with Crippen molar-refractivity contribution in [1.29, 1.82) is 0 Å². The number of para-hydroxylation sites is 1. The van der Waals surface area contributed by atoms with Crippen LogP contribution in [0.4, 0.5) is 10.5 Å². The largest absolute Gasteiger partial charge is 0.459 e. The lowest BCUT2D eigenvalue weighted by Crippen LogP contribution is -2.45. The van der Waals surface area contributed by atoms with Crippen molar-refractivity contribution < 1.29 is 33.6 Å². The lowest BCUT2D eigenvalue weighted by Gasteiger charge is -2.38. The highest BCUT2D eigenvalue weighted by molar-refractivity contribution is 5.89. The number of anilines is 1. The van der Waals surface area contributed by atoms with Crippen molar-refractivity contribution in [3.05, 3.63) is 125 Å². The fraction of sp³-hybridized carbons (Fsp3) is 0.366. The van der Waals surface area contributed by atoms with Crippen LogP contribution in [0.25, 0.3) is 0 Å². The number of carbonyl (C=O) groups is 2. The molecule has 2 fully saturated rings. The molecule has 4 aromatic rings. The maximum Gasteiger partial charge on any atom is 0.323 e. The zero-order valence-electron chi connectivity index (χ0n) is 29.4. The van der Waals surface area contributed by atoms with E-state index < -0.39 is 11.9 Å². The number of amides is 2. The molecule has 0 bridgehead atoms. The first kappa shape index (κ1) is 36.1. The molecule has 2 heterocycles. The first-order chi connectivity index (χ1) is 24.6. The summed E-state index contributed by atoms with van der Waals surface area (Å²) >= 11 is 0. The van der Waals surface area contributed by atoms with Gasteiger partial charge < -0.3 is 34.7 Å². The predicted molar refractivity (Wildman–Crippen MR) is 194 cm³/mol. The van der Waals surface area contributed by atoms with Crippen LogP contribution >= 0.6 is 0 Å². The molecule has 4 aromatic carbocycles. The van der Waals surface area contributed by atoms with Crippen LogP contribution in [-0.2, 0) is 32.2 Å². The molecule has 2 saturated heterocycles. The van der Waals surface area contributed by atoms with E-state index in [9.17, 15) is 14.7 Å². The van der Waals surface area contributed by atoms with E-state index in [0.717, 1.165) is 47.4 Å². The maximum absolute atomic E-state index is 13.0. The molecule has 0 saturated carbocycles. The summed E-state index contributed by atoms with van der Waals surface area (Å²) in [6.07, 6.45) is 1.23. The maximum atomic E-state index is 13.0. The normalized spacial score (nSPS) is 20.8. The SMILES string of the molecule is CC(C)(C)OC(=O)[C@@H]1CCCN1C[C@H]1C[C@@H](c2ccc(CO)cc2)O[C@@H](c2ccc(CNC(=O)Nc3ccc(Oc4ccccc4)cc3)cc2)O1. The van der Waals surface area contributed by atoms with Gasteiger partial charge in [0.05, 0.1) is 18.8 Å². The molecule has 268 valence electrons. The van der Waals surface area contributed by atoms with Gasteiger partial charge in [0, 0.05) is 30.8 Å². The molecular formula is C41H47N3O7. The Bertz CT molecular complexity index is 1720. The summed E-state index contributed by atoms with van der Waals surface area (Å²) in [4.78, 5) is 27.9. The van der Waals surface area contributed by atoms with E-state index in [1.165, 1.54) is 0 Å². The third kappa shape index (κ3) is 10.2. The molecule has 0 aromatic heterocycles. The second-order valence-electron chi connectivity index (χ2n) is 14.0. The van der Waals surface area contributed by atoms with Gasteiger partial charge in [0.2, 0.25) is 0 Å². The molecule has 3 N–H and O–H groups in total. The summed E-state index contributed by atoms with van der Waals surface area (Å²) in [6, 6.07) is 31.7. The molecule has 51 heavy (non-hydrogen) atoms. The summed E-state index contributed by atoms with van der Waals surface area (Å²) in [5.41, 5.74) is 3.71. The minimum atomic E-state index is -0.631. The van der Waals surface area contributed by atoms with Crippen molar-refractivity contribution in [2.75, 3.05) is 18.4 Å². The van der Waals surface area contributed by atoms with E-state index in [4.69, 9.17) is 18.9 Å². The van der Waals surface area contributed by atoms with Crippen LogP contribution in [0.1, 0.15) is 74.7 Å². The molecule has 6 rings (SSSR count). The smallest absolute Gasteiger partial charge is 0.323 e. The van der Waals surface area contributed by atoms with E-state index in [0.29, 0.717) is 30.9 Å². The van der Waals surface area contributed by atoms with Gasteiger partial charge in [0.25, 0.3) is 0 Å². The fourth-order valence-corrected chi connectivity index (χ4v) is 6.36. The lowest BCUT2D eigenvalue weighted by atomic mass is 9.99. The highest BCUT2D eigenvalue weighted by atomic mass is 16.7. The molecule has 10 nitrogen and oxygen atoms in total. The molecule has 10 heteroatoms. The Morgan fingerprint density at radius 1 is 0.843 bits per heavy atom. The Hall–Kier alpha value is -4.74. The van der Waals surface area contributed by atoms with Gasteiger partial charge >= 0.3 is 12.0 Å². The summed E-state index contributed by atoms with van der Waals surface area (Å²) in [5.74, 6) is 1.23. The van der Waals surface area contributed by atoms with Gasteiger partial charge in [-0.2, -0.15) is 0 Å². The first-order valence-corrected chi connectivity index (χ1v) is 17.6. The fourth-order valence-electron chi connectivity index (χ4n) is 6.36. The number of ether oxygens (including phenoxy) is 4. The van der Waals surface area contributed by atoms with Crippen molar-refractivity contribution in [3.8, 4) is 11.5 Å². The zero-order chi connectivity index (χ0) is 35.8. The van der Waals surface area contributed by atoms with Crippen LogP contribution in [0.15, 0.2) is 103 Å². The number of nitrogens with zero attached hydrogens (tertiary/aromatic N) is 1. The van der Waals surface area contributed by atoms with Gasteiger partial charge in [-0.25, -0.2) is 4.79 Å². The van der Waals surface area contributed by atoms with E-state index in [1.54, 1.807) is 24.3 Å². The lowest BCUT2D eigenvalue weighted by molar-refractivity contribution is -0.253. The van der Waals surface area contributed by atoms with Crippen molar-refractivity contribution in [1.82, 2.24) is 10.2 Å². The Morgan fingerprint density at radius 2 is 1.51 bits per heavy atom. The molecule has 0 spiro atoms. The van der Waals surface area contributed by atoms with E-state index in [1.807, 2.05) is 99.6 Å². The van der Waals surface area contributed by atoms with Crippen molar-refractivity contribution >= 4 is 17.7 Å². The van der Waals surface area contributed by atoms with E-state index in [2.05, 4.69) is 15.5 Å². The van der Waals surface area contributed by atoms with Crippen molar-refractivity contribution in [2.24, 2.45) is 0 Å². The number of carbonyl (C=O) groups excluding carboxylic acids is 2. The monoisotopic (exact) mass is 693 g/mol. The third-order valence-electron chi connectivity index (χ3n) is 8.89. The molecule has 2 aliphatic rings. The number of esters is 1. The van der Waals surface area contributed by atoms with Gasteiger partial charge in [0.1, 0.15) is 23.1 Å². The quantitative estimate of drug-likeness (QED) is 0.137. The Kier molecular flexibility index (Phi) is 11.7. The predicted octanol–water partition coefficient (Wildman–Crippen LogP) is 7.64. The third-order valence-corrected chi connectivity index (χ3v) is 8.89. The van der Waals surface area contributed by atoms with Gasteiger partial charge in [-0.1, -0.05) is 66.7 Å². The molecule has 2 amide bonds. The number of hydrogen-bond donors (Lipinski definition) is 3.